The van der Waals surface area contributed by atoms with Crippen molar-refractivity contribution in [2.75, 3.05) is 7.05 Å². The first-order valence-corrected chi connectivity index (χ1v) is 8.40. The Morgan fingerprint density at radius 2 is 1.93 bits per heavy atom. The summed E-state index contributed by atoms with van der Waals surface area (Å²) < 4.78 is 40.4. The van der Waals surface area contributed by atoms with Crippen molar-refractivity contribution in [1.82, 2.24) is 20.2 Å². The van der Waals surface area contributed by atoms with Crippen molar-refractivity contribution >= 4 is 29.9 Å². The van der Waals surface area contributed by atoms with E-state index in [4.69, 9.17) is 0 Å². The molecule has 0 amide bonds. The Hall–Kier alpha value is -1.78. The number of rotatable bonds is 6. The van der Waals surface area contributed by atoms with Crippen LogP contribution in [0.2, 0.25) is 0 Å². The molecule has 0 atom stereocenters. The van der Waals surface area contributed by atoms with Crippen molar-refractivity contribution in [3.8, 4) is 0 Å². The predicted octanol–water partition coefficient (Wildman–Crippen LogP) is 4.04. The zero-order valence-corrected chi connectivity index (χ0v) is 17.9. The lowest BCUT2D eigenvalue weighted by molar-refractivity contribution is -0.137. The summed E-state index contributed by atoms with van der Waals surface area (Å²) in [6.07, 6.45) is -0.669. The van der Waals surface area contributed by atoms with Crippen LogP contribution in [-0.4, -0.2) is 22.6 Å². The highest BCUT2D eigenvalue weighted by Gasteiger charge is 2.30. The molecule has 0 aliphatic carbocycles. The zero-order chi connectivity index (χ0) is 19.2. The molecule has 27 heavy (non-hydrogen) atoms. The predicted molar refractivity (Wildman–Crippen MR) is 111 cm³/mol. The van der Waals surface area contributed by atoms with Crippen LogP contribution in [0.4, 0.5) is 13.2 Å². The average molecular weight is 495 g/mol. The van der Waals surface area contributed by atoms with Gasteiger partial charge in [-0.1, -0.05) is 26.0 Å². The first-order valence-electron chi connectivity index (χ1n) is 8.40. The van der Waals surface area contributed by atoms with E-state index in [0.29, 0.717) is 24.0 Å². The molecule has 9 heteroatoms. The topological polar surface area (TPSA) is 54.2 Å². The van der Waals surface area contributed by atoms with Crippen LogP contribution in [0.15, 0.2) is 41.7 Å². The smallest absolute Gasteiger partial charge is 0.352 e. The summed E-state index contributed by atoms with van der Waals surface area (Å²) in [6, 6.07) is 5.24. The lowest BCUT2D eigenvalue weighted by Crippen LogP contribution is -2.37. The second-order valence-corrected chi connectivity index (χ2v) is 6.37. The maximum absolute atomic E-state index is 12.8. The Kier molecular flexibility index (Phi) is 9.07. The Bertz CT molecular complexity index is 741. The number of guanidine groups is 1. The third kappa shape index (κ3) is 7.39. The SMILES string of the molecule is CN=C(NCc1cccc(C(F)(F)F)c1)NCc1nccn1CC(C)C.I. The number of alkyl halides is 3. The Morgan fingerprint density at radius 3 is 2.56 bits per heavy atom. The third-order valence-corrected chi connectivity index (χ3v) is 3.72. The summed E-state index contributed by atoms with van der Waals surface area (Å²) in [5.41, 5.74) is -0.125. The molecule has 0 aliphatic rings. The molecule has 1 aromatic heterocycles. The standard InChI is InChI=1S/C18H24F3N5.HI/c1-13(2)12-26-8-7-23-16(26)11-25-17(22-3)24-10-14-5-4-6-15(9-14)18(19,20)21;/h4-9,13H,10-12H2,1-3H3,(H2,22,24,25);1H. The van der Waals surface area contributed by atoms with Crippen LogP contribution in [0.25, 0.3) is 0 Å². The monoisotopic (exact) mass is 495 g/mol. The van der Waals surface area contributed by atoms with Gasteiger partial charge in [0.15, 0.2) is 5.96 Å². The van der Waals surface area contributed by atoms with Gasteiger partial charge in [0.1, 0.15) is 5.82 Å². The fraction of sp³-hybridized carbons (Fsp3) is 0.444. The van der Waals surface area contributed by atoms with E-state index in [-0.39, 0.29) is 30.5 Å². The van der Waals surface area contributed by atoms with Crippen LogP contribution < -0.4 is 10.6 Å². The fourth-order valence-electron chi connectivity index (χ4n) is 2.49. The summed E-state index contributed by atoms with van der Waals surface area (Å²) in [5.74, 6) is 1.88. The molecule has 0 fully saturated rings. The minimum atomic E-state index is -4.34. The van der Waals surface area contributed by atoms with Gasteiger partial charge in [-0.15, -0.1) is 24.0 Å². The van der Waals surface area contributed by atoms with Gasteiger partial charge in [0, 0.05) is 32.5 Å². The van der Waals surface area contributed by atoms with Gasteiger partial charge in [0.25, 0.3) is 0 Å². The number of imidazole rings is 1. The molecule has 5 nitrogen and oxygen atoms in total. The van der Waals surface area contributed by atoms with Gasteiger partial charge in [-0.05, 0) is 23.6 Å². The first-order chi connectivity index (χ1) is 12.3. The van der Waals surface area contributed by atoms with Gasteiger partial charge >= 0.3 is 6.18 Å². The average Bonchev–Trinajstić information content (AvgIpc) is 3.01. The van der Waals surface area contributed by atoms with Crippen molar-refractivity contribution in [1.29, 1.82) is 0 Å². The Balaban J connectivity index is 0.00000364. The molecule has 2 N–H and O–H groups in total. The molecular weight excluding hydrogens is 470 g/mol. The molecule has 0 radical (unpaired) electrons. The third-order valence-electron chi connectivity index (χ3n) is 3.72. The van der Waals surface area contributed by atoms with E-state index >= 15 is 0 Å². The van der Waals surface area contributed by atoms with Gasteiger partial charge in [-0.3, -0.25) is 4.99 Å². The van der Waals surface area contributed by atoms with E-state index in [1.54, 1.807) is 19.3 Å². The van der Waals surface area contributed by atoms with Crippen LogP contribution in [-0.2, 0) is 25.8 Å². The number of hydrogen-bond acceptors (Lipinski definition) is 2. The highest BCUT2D eigenvalue weighted by molar-refractivity contribution is 14.0. The van der Waals surface area contributed by atoms with Gasteiger partial charge in [0.05, 0.1) is 12.1 Å². The largest absolute Gasteiger partial charge is 0.416 e. The van der Waals surface area contributed by atoms with Crippen LogP contribution in [0.1, 0.15) is 30.8 Å². The van der Waals surface area contributed by atoms with Crippen molar-refractivity contribution in [2.24, 2.45) is 10.9 Å². The van der Waals surface area contributed by atoms with E-state index < -0.39 is 11.7 Å². The number of aliphatic imine (C=N–C) groups is 1. The molecule has 0 saturated heterocycles. The minimum absolute atomic E-state index is 0. The van der Waals surface area contributed by atoms with Crippen molar-refractivity contribution in [3.63, 3.8) is 0 Å². The molecule has 1 heterocycles. The number of benzene rings is 1. The van der Waals surface area contributed by atoms with E-state index in [9.17, 15) is 13.2 Å². The van der Waals surface area contributed by atoms with Gasteiger partial charge in [0.2, 0.25) is 0 Å². The van der Waals surface area contributed by atoms with Crippen molar-refractivity contribution in [2.45, 2.75) is 39.7 Å². The van der Waals surface area contributed by atoms with E-state index in [0.717, 1.165) is 24.5 Å². The molecule has 0 saturated carbocycles. The zero-order valence-electron chi connectivity index (χ0n) is 15.5. The van der Waals surface area contributed by atoms with Gasteiger partial charge in [-0.2, -0.15) is 13.2 Å². The molecule has 150 valence electrons. The number of halogens is 4. The lowest BCUT2D eigenvalue weighted by Gasteiger charge is -2.14. The molecule has 2 rings (SSSR count). The summed E-state index contributed by atoms with van der Waals surface area (Å²) in [4.78, 5) is 8.42. The first kappa shape index (κ1) is 23.3. The molecule has 0 bridgehead atoms. The maximum Gasteiger partial charge on any atom is 0.416 e. The number of hydrogen-bond donors (Lipinski definition) is 2. The summed E-state index contributed by atoms with van der Waals surface area (Å²) in [7, 11) is 1.61. The van der Waals surface area contributed by atoms with Gasteiger partial charge in [-0.25, -0.2) is 4.98 Å². The maximum atomic E-state index is 12.8. The fourth-order valence-corrected chi connectivity index (χ4v) is 2.49. The minimum Gasteiger partial charge on any atom is -0.352 e. The molecule has 0 spiro atoms. The Labute approximate surface area is 174 Å². The Morgan fingerprint density at radius 1 is 1.22 bits per heavy atom. The summed E-state index contributed by atoms with van der Waals surface area (Å²) in [6.45, 7) is 5.85. The van der Waals surface area contributed by atoms with E-state index in [1.165, 1.54) is 6.07 Å². The highest BCUT2D eigenvalue weighted by Crippen LogP contribution is 2.29. The molecule has 2 aromatic rings. The normalized spacial score (nSPS) is 12.0. The van der Waals surface area contributed by atoms with Crippen molar-refractivity contribution < 1.29 is 13.2 Å². The number of nitrogens with zero attached hydrogens (tertiary/aromatic N) is 3. The molecule has 0 aliphatic heterocycles. The second-order valence-electron chi connectivity index (χ2n) is 6.37. The quantitative estimate of drug-likeness (QED) is 0.362. The molecule has 0 unspecified atom stereocenters. The van der Waals surface area contributed by atoms with Crippen LogP contribution in [0.3, 0.4) is 0 Å². The second kappa shape index (κ2) is 10.5. The molecular formula is C18H25F3IN5. The summed E-state index contributed by atoms with van der Waals surface area (Å²) >= 11 is 0. The number of aromatic nitrogens is 2. The van der Waals surface area contributed by atoms with E-state index in [1.807, 2.05) is 6.20 Å². The van der Waals surface area contributed by atoms with Crippen LogP contribution in [0, 0.1) is 5.92 Å². The van der Waals surface area contributed by atoms with Crippen molar-refractivity contribution in [3.05, 3.63) is 53.6 Å². The van der Waals surface area contributed by atoms with E-state index in [2.05, 4.69) is 39.0 Å². The number of nitrogens with one attached hydrogen (secondary N) is 2. The van der Waals surface area contributed by atoms with Gasteiger partial charge < -0.3 is 15.2 Å². The van der Waals surface area contributed by atoms with Crippen LogP contribution in [0.5, 0.6) is 0 Å². The molecule has 1 aromatic carbocycles. The highest BCUT2D eigenvalue weighted by atomic mass is 127. The van der Waals surface area contributed by atoms with Crippen LogP contribution >= 0.6 is 24.0 Å². The lowest BCUT2D eigenvalue weighted by atomic mass is 10.1. The summed E-state index contributed by atoms with van der Waals surface area (Å²) in [5, 5.41) is 6.16.